The molecule has 0 bridgehead atoms. The lowest BCUT2D eigenvalue weighted by Crippen LogP contribution is -2.40. The Kier molecular flexibility index (Phi) is 6.26. The van der Waals surface area contributed by atoms with Gasteiger partial charge in [-0.1, -0.05) is 26.0 Å². The van der Waals surface area contributed by atoms with Crippen LogP contribution in [0.25, 0.3) is 17.2 Å². The Labute approximate surface area is 176 Å². The smallest absolute Gasteiger partial charge is 0.254 e. The van der Waals surface area contributed by atoms with Crippen LogP contribution in [0.15, 0.2) is 42.7 Å². The summed E-state index contributed by atoms with van der Waals surface area (Å²) in [7, 11) is 4.01. The van der Waals surface area contributed by atoms with E-state index in [4.69, 9.17) is 0 Å². The Morgan fingerprint density at radius 3 is 2.67 bits per heavy atom. The molecule has 3 aromatic rings. The van der Waals surface area contributed by atoms with Crippen molar-refractivity contribution in [2.24, 2.45) is 5.41 Å². The summed E-state index contributed by atoms with van der Waals surface area (Å²) in [6.07, 6.45) is 3.05. The average molecular weight is 410 g/mol. The van der Waals surface area contributed by atoms with Crippen molar-refractivity contribution >= 4 is 5.91 Å². The average Bonchev–Trinajstić information content (AvgIpc) is 3.07. The Balaban J connectivity index is 1.81. The molecule has 1 amide bonds. The summed E-state index contributed by atoms with van der Waals surface area (Å²) in [4.78, 5) is 23.5. The minimum Gasteiger partial charge on any atom is -0.351 e. The van der Waals surface area contributed by atoms with Gasteiger partial charge >= 0.3 is 0 Å². The SMILES string of the molecule is Cc1c(C(=O)NCC(C)(C)CN(C)C)cnn1-c1nccc(-c2ccccc2F)n1. The third-order valence-electron chi connectivity index (χ3n) is 4.71. The first-order chi connectivity index (χ1) is 14.2. The highest BCUT2D eigenvalue weighted by atomic mass is 19.1. The summed E-state index contributed by atoms with van der Waals surface area (Å²) in [5.74, 6) is -0.282. The van der Waals surface area contributed by atoms with E-state index < -0.39 is 0 Å². The summed E-state index contributed by atoms with van der Waals surface area (Å²) in [6.45, 7) is 7.37. The molecule has 2 heterocycles. The van der Waals surface area contributed by atoms with Gasteiger partial charge in [0.1, 0.15) is 5.82 Å². The lowest BCUT2D eigenvalue weighted by molar-refractivity contribution is 0.0928. The monoisotopic (exact) mass is 410 g/mol. The number of benzene rings is 1. The third kappa shape index (κ3) is 4.88. The summed E-state index contributed by atoms with van der Waals surface area (Å²) in [6, 6.07) is 8.06. The van der Waals surface area contributed by atoms with Crippen molar-refractivity contribution < 1.29 is 9.18 Å². The highest BCUT2D eigenvalue weighted by Gasteiger charge is 2.22. The number of amides is 1. The maximum atomic E-state index is 14.1. The van der Waals surface area contributed by atoms with Crippen molar-refractivity contribution in [2.75, 3.05) is 27.2 Å². The molecule has 1 N–H and O–H groups in total. The first-order valence-corrected chi connectivity index (χ1v) is 9.74. The van der Waals surface area contributed by atoms with Gasteiger partial charge in [0.15, 0.2) is 0 Å². The molecule has 8 heteroatoms. The number of nitrogens with one attached hydrogen (secondary N) is 1. The minimum atomic E-state index is -0.361. The van der Waals surface area contributed by atoms with Gasteiger partial charge in [0, 0.05) is 24.8 Å². The van der Waals surface area contributed by atoms with Crippen molar-refractivity contribution in [3.05, 3.63) is 59.8 Å². The van der Waals surface area contributed by atoms with Crippen molar-refractivity contribution in [3.8, 4) is 17.2 Å². The van der Waals surface area contributed by atoms with Crippen LogP contribution in [-0.4, -0.2) is 57.7 Å². The number of carbonyl (C=O) groups excluding carboxylic acids is 1. The van der Waals surface area contributed by atoms with E-state index >= 15 is 0 Å². The van der Waals surface area contributed by atoms with Crippen LogP contribution in [0.1, 0.15) is 29.9 Å². The number of nitrogens with zero attached hydrogens (tertiary/aromatic N) is 5. The predicted octanol–water partition coefficient (Wildman–Crippen LogP) is 3.09. The lowest BCUT2D eigenvalue weighted by Gasteiger charge is -2.28. The second-order valence-corrected chi connectivity index (χ2v) is 8.36. The molecule has 0 spiro atoms. The van der Waals surface area contributed by atoms with Crippen LogP contribution in [0.2, 0.25) is 0 Å². The zero-order valence-electron chi connectivity index (χ0n) is 18.0. The molecule has 0 unspecified atom stereocenters. The van der Waals surface area contributed by atoms with E-state index in [1.807, 2.05) is 14.1 Å². The molecule has 30 heavy (non-hydrogen) atoms. The fraction of sp³-hybridized carbons (Fsp3) is 0.364. The van der Waals surface area contributed by atoms with Crippen LogP contribution in [0.4, 0.5) is 4.39 Å². The number of hydrogen-bond donors (Lipinski definition) is 1. The van der Waals surface area contributed by atoms with Gasteiger partial charge in [-0.3, -0.25) is 4.79 Å². The van der Waals surface area contributed by atoms with Gasteiger partial charge in [0.25, 0.3) is 11.9 Å². The second kappa shape index (κ2) is 8.71. The number of halogens is 1. The fourth-order valence-corrected chi connectivity index (χ4v) is 3.43. The van der Waals surface area contributed by atoms with Gasteiger partial charge in [0.2, 0.25) is 0 Å². The summed E-state index contributed by atoms with van der Waals surface area (Å²) >= 11 is 0. The van der Waals surface area contributed by atoms with Crippen LogP contribution in [-0.2, 0) is 0 Å². The van der Waals surface area contributed by atoms with Crippen molar-refractivity contribution in [1.82, 2.24) is 30.0 Å². The molecule has 2 aromatic heterocycles. The van der Waals surface area contributed by atoms with Crippen molar-refractivity contribution in [2.45, 2.75) is 20.8 Å². The molecule has 3 rings (SSSR count). The Hall–Kier alpha value is -3.13. The maximum Gasteiger partial charge on any atom is 0.254 e. The third-order valence-corrected chi connectivity index (χ3v) is 4.71. The maximum absolute atomic E-state index is 14.1. The largest absolute Gasteiger partial charge is 0.351 e. The van der Waals surface area contributed by atoms with Gasteiger partial charge in [-0.25, -0.2) is 19.0 Å². The Morgan fingerprint density at radius 1 is 1.23 bits per heavy atom. The molecule has 158 valence electrons. The van der Waals surface area contributed by atoms with Gasteiger partial charge < -0.3 is 10.2 Å². The molecule has 0 aliphatic carbocycles. The first kappa shape index (κ1) is 21.6. The molecule has 0 atom stereocenters. The summed E-state index contributed by atoms with van der Waals surface area (Å²) < 4.78 is 15.6. The highest BCUT2D eigenvalue weighted by molar-refractivity contribution is 5.95. The molecule has 0 saturated heterocycles. The summed E-state index contributed by atoms with van der Waals surface area (Å²) in [5, 5.41) is 7.27. The lowest BCUT2D eigenvalue weighted by atomic mass is 9.93. The molecule has 7 nitrogen and oxygen atoms in total. The van der Waals surface area contributed by atoms with E-state index in [0.717, 1.165) is 6.54 Å². The van der Waals surface area contributed by atoms with E-state index in [1.165, 1.54) is 16.9 Å². The molecule has 0 aliphatic rings. The van der Waals surface area contributed by atoms with Crippen LogP contribution < -0.4 is 5.32 Å². The van der Waals surface area contributed by atoms with Crippen LogP contribution in [0, 0.1) is 18.2 Å². The zero-order valence-corrected chi connectivity index (χ0v) is 18.0. The molecule has 0 fully saturated rings. The van der Waals surface area contributed by atoms with Gasteiger partial charge in [-0.2, -0.15) is 5.10 Å². The highest BCUT2D eigenvalue weighted by Crippen LogP contribution is 2.21. The number of hydrogen-bond acceptors (Lipinski definition) is 5. The molecule has 1 aromatic carbocycles. The Bertz CT molecular complexity index is 1040. The van der Waals surface area contributed by atoms with E-state index in [1.54, 1.807) is 37.4 Å². The standard InChI is InChI=1S/C22H27FN6O/c1-15-17(20(30)25-13-22(2,3)14-28(4)5)12-26-29(15)21-24-11-10-19(27-21)16-8-6-7-9-18(16)23/h6-12H,13-14H2,1-5H3,(H,25,30). The van der Waals surface area contributed by atoms with E-state index in [9.17, 15) is 9.18 Å². The van der Waals surface area contributed by atoms with Gasteiger partial charge in [0.05, 0.1) is 23.1 Å². The van der Waals surface area contributed by atoms with Crippen LogP contribution in [0.3, 0.4) is 0 Å². The van der Waals surface area contributed by atoms with Crippen molar-refractivity contribution in [1.29, 1.82) is 0 Å². The number of aromatic nitrogens is 4. The summed E-state index contributed by atoms with van der Waals surface area (Å²) in [5.41, 5.74) is 1.83. The molecular formula is C22H27FN6O. The van der Waals surface area contributed by atoms with E-state index in [2.05, 4.69) is 39.1 Å². The van der Waals surface area contributed by atoms with Gasteiger partial charge in [-0.15, -0.1) is 0 Å². The fourth-order valence-electron chi connectivity index (χ4n) is 3.43. The van der Waals surface area contributed by atoms with Crippen LogP contribution >= 0.6 is 0 Å². The van der Waals surface area contributed by atoms with E-state index in [-0.39, 0.29) is 23.1 Å². The molecular weight excluding hydrogens is 383 g/mol. The molecule has 0 radical (unpaired) electrons. The predicted molar refractivity (Wildman–Crippen MR) is 114 cm³/mol. The Morgan fingerprint density at radius 2 is 1.97 bits per heavy atom. The minimum absolute atomic E-state index is 0.0692. The molecule has 0 saturated carbocycles. The zero-order chi connectivity index (χ0) is 21.9. The van der Waals surface area contributed by atoms with Gasteiger partial charge in [-0.05, 0) is 44.6 Å². The molecule has 0 aliphatic heterocycles. The number of rotatable bonds is 7. The topological polar surface area (TPSA) is 75.9 Å². The number of carbonyl (C=O) groups is 1. The van der Waals surface area contributed by atoms with Crippen LogP contribution in [0.5, 0.6) is 0 Å². The first-order valence-electron chi connectivity index (χ1n) is 9.74. The second-order valence-electron chi connectivity index (χ2n) is 8.36. The normalized spacial score (nSPS) is 11.7. The van der Waals surface area contributed by atoms with Crippen molar-refractivity contribution in [3.63, 3.8) is 0 Å². The van der Waals surface area contributed by atoms with E-state index in [0.29, 0.717) is 29.1 Å². The quantitative estimate of drug-likeness (QED) is 0.648.